The minimum atomic E-state index is -0.436. The van der Waals surface area contributed by atoms with Gasteiger partial charge in [0.25, 0.3) is 5.69 Å². The summed E-state index contributed by atoms with van der Waals surface area (Å²) in [5.74, 6) is 0.937. The van der Waals surface area contributed by atoms with E-state index in [1.165, 1.54) is 12.1 Å². The van der Waals surface area contributed by atoms with E-state index in [1.807, 2.05) is 12.3 Å². The maximum atomic E-state index is 10.8. The van der Waals surface area contributed by atoms with Crippen molar-refractivity contribution in [2.75, 3.05) is 19.6 Å². The van der Waals surface area contributed by atoms with Crippen molar-refractivity contribution >= 4 is 5.69 Å². The molecule has 27 heavy (non-hydrogen) atoms. The number of rotatable bonds is 5. The van der Waals surface area contributed by atoms with Crippen molar-refractivity contribution in [2.24, 2.45) is 0 Å². The van der Waals surface area contributed by atoms with E-state index in [0.29, 0.717) is 23.8 Å². The van der Waals surface area contributed by atoms with Gasteiger partial charge in [-0.05, 0) is 23.8 Å². The van der Waals surface area contributed by atoms with Crippen LogP contribution in [-0.4, -0.2) is 44.6 Å². The van der Waals surface area contributed by atoms with Crippen LogP contribution in [-0.2, 0) is 6.54 Å². The molecule has 9 nitrogen and oxygen atoms in total. The first kappa shape index (κ1) is 17.3. The molecule has 0 spiro atoms. The molecule has 1 fully saturated rings. The van der Waals surface area contributed by atoms with Crippen LogP contribution in [0.1, 0.15) is 17.5 Å². The molecule has 1 aliphatic rings. The predicted molar refractivity (Wildman–Crippen MR) is 96.6 cm³/mol. The fourth-order valence-electron chi connectivity index (χ4n) is 3.18. The van der Waals surface area contributed by atoms with Crippen LogP contribution in [0.25, 0.3) is 11.4 Å². The zero-order chi connectivity index (χ0) is 18.6. The number of hydrogen-bond acceptors (Lipinski definition) is 8. The summed E-state index contributed by atoms with van der Waals surface area (Å²) in [6.07, 6.45) is 3.64. The SMILES string of the molecule is O=[N+]([O-])c1ccc(-c2noc(CN3CCNCC3c3cccnc3)n2)cc1. The van der Waals surface area contributed by atoms with Crippen molar-refractivity contribution in [3.8, 4) is 11.4 Å². The number of non-ortho nitro benzene ring substituents is 1. The minimum Gasteiger partial charge on any atom is -0.338 e. The molecule has 3 aromatic rings. The van der Waals surface area contributed by atoms with E-state index in [2.05, 4.69) is 31.4 Å². The lowest BCUT2D eigenvalue weighted by Crippen LogP contribution is -2.45. The number of hydrogen-bond donors (Lipinski definition) is 1. The number of nitro benzene ring substituents is 1. The minimum absolute atomic E-state index is 0.0302. The average Bonchev–Trinajstić information content (AvgIpc) is 3.18. The van der Waals surface area contributed by atoms with Crippen molar-refractivity contribution in [1.82, 2.24) is 25.3 Å². The molecule has 1 unspecified atom stereocenters. The lowest BCUT2D eigenvalue weighted by atomic mass is 10.1. The summed E-state index contributed by atoms with van der Waals surface area (Å²) in [5.41, 5.74) is 1.85. The van der Waals surface area contributed by atoms with E-state index < -0.39 is 4.92 Å². The number of pyridine rings is 1. The molecule has 9 heteroatoms. The summed E-state index contributed by atoms with van der Waals surface area (Å²) < 4.78 is 5.41. The van der Waals surface area contributed by atoms with E-state index in [0.717, 1.165) is 25.2 Å². The Morgan fingerprint density at radius 2 is 2.15 bits per heavy atom. The Hall–Kier alpha value is -3.17. The van der Waals surface area contributed by atoms with E-state index in [4.69, 9.17) is 4.52 Å². The molecule has 0 amide bonds. The normalized spacial score (nSPS) is 17.7. The van der Waals surface area contributed by atoms with Crippen LogP contribution < -0.4 is 5.32 Å². The summed E-state index contributed by atoms with van der Waals surface area (Å²) in [5, 5.41) is 18.2. The van der Waals surface area contributed by atoms with Crippen molar-refractivity contribution in [2.45, 2.75) is 12.6 Å². The summed E-state index contributed by atoms with van der Waals surface area (Å²) in [7, 11) is 0. The van der Waals surface area contributed by atoms with Gasteiger partial charge in [0, 0.05) is 55.8 Å². The standard InChI is InChI=1S/C18H18N6O3/c25-24(26)15-5-3-13(4-6-15)18-21-17(27-22-18)12-23-9-8-20-11-16(23)14-2-1-7-19-10-14/h1-7,10,16,20H,8-9,11-12H2. The third-order valence-corrected chi connectivity index (χ3v) is 4.57. The van der Waals surface area contributed by atoms with Crippen LogP contribution in [0, 0.1) is 10.1 Å². The molecular weight excluding hydrogens is 348 g/mol. The second-order valence-corrected chi connectivity index (χ2v) is 6.29. The van der Waals surface area contributed by atoms with Crippen LogP contribution >= 0.6 is 0 Å². The molecule has 138 valence electrons. The van der Waals surface area contributed by atoms with Crippen LogP contribution in [0.15, 0.2) is 53.3 Å². The molecular formula is C18H18N6O3. The molecule has 1 aliphatic heterocycles. The van der Waals surface area contributed by atoms with Gasteiger partial charge < -0.3 is 9.84 Å². The van der Waals surface area contributed by atoms with Gasteiger partial charge in [0.05, 0.1) is 11.5 Å². The third kappa shape index (κ3) is 3.83. The first-order valence-electron chi connectivity index (χ1n) is 8.63. The predicted octanol–water partition coefficient (Wildman–Crippen LogP) is 2.19. The maximum Gasteiger partial charge on any atom is 0.269 e. The van der Waals surface area contributed by atoms with Gasteiger partial charge in [0.2, 0.25) is 11.7 Å². The quantitative estimate of drug-likeness (QED) is 0.540. The Balaban J connectivity index is 1.50. The van der Waals surface area contributed by atoms with Gasteiger partial charge in [-0.25, -0.2) is 0 Å². The molecule has 1 aromatic carbocycles. The second-order valence-electron chi connectivity index (χ2n) is 6.29. The maximum absolute atomic E-state index is 10.8. The molecule has 0 radical (unpaired) electrons. The van der Waals surface area contributed by atoms with Gasteiger partial charge in [0.15, 0.2) is 0 Å². The molecule has 2 aromatic heterocycles. The molecule has 4 rings (SSSR count). The van der Waals surface area contributed by atoms with Crippen LogP contribution in [0.5, 0.6) is 0 Å². The van der Waals surface area contributed by atoms with E-state index in [1.54, 1.807) is 18.3 Å². The second kappa shape index (κ2) is 7.60. The highest BCUT2D eigenvalue weighted by Crippen LogP contribution is 2.24. The zero-order valence-corrected chi connectivity index (χ0v) is 14.5. The van der Waals surface area contributed by atoms with Crippen molar-refractivity contribution < 1.29 is 9.45 Å². The molecule has 0 bridgehead atoms. The zero-order valence-electron chi connectivity index (χ0n) is 14.5. The van der Waals surface area contributed by atoms with Gasteiger partial charge in [0.1, 0.15) is 0 Å². The lowest BCUT2D eigenvalue weighted by molar-refractivity contribution is -0.384. The van der Waals surface area contributed by atoms with Crippen molar-refractivity contribution in [1.29, 1.82) is 0 Å². The Morgan fingerprint density at radius 3 is 2.89 bits per heavy atom. The highest BCUT2D eigenvalue weighted by molar-refractivity contribution is 5.56. The third-order valence-electron chi connectivity index (χ3n) is 4.57. The highest BCUT2D eigenvalue weighted by Gasteiger charge is 2.25. The van der Waals surface area contributed by atoms with Crippen LogP contribution in [0.3, 0.4) is 0 Å². The Morgan fingerprint density at radius 1 is 1.30 bits per heavy atom. The lowest BCUT2D eigenvalue weighted by Gasteiger charge is -2.35. The van der Waals surface area contributed by atoms with Crippen molar-refractivity contribution in [3.63, 3.8) is 0 Å². The fourth-order valence-corrected chi connectivity index (χ4v) is 3.18. The Kier molecular flexibility index (Phi) is 4.86. The van der Waals surface area contributed by atoms with Gasteiger partial charge in [-0.1, -0.05) is 11.2 Å². The van der Waals surface area contributed by atoms with Crippen LogP contribution in [0.4, 0.5) is 5.69 Å². The number of nitrogens with zero attached hydrogens (tertiary/aromatic N) is 5. The molecule has 1 atom stereocenters. The van der Waals surface area contributed by atoms with Gasteiger partial charge in [-0.2, -0.15) is 4.98 Å². The van der Waals surface area contributed by atoms with Crippen molar-refractivity contribution in [3.05, 3.63) is 70.4 Å². The van der Waals surface area contributed by atoms with E-state index >= 15 is 0 Å². The summed E-state index contributed by atoms with van der Waals surface area (Å²) >= 11 is 0. The number of piperazine rings is 1. The largest absolute Gasteiger partial charge is 0.338 e. The first-order chi connectivity index (χ1) is 13.2. The fraction of sp³-hybridized carbons (Fsp3) is 0.278. The number of nitrogens with one attached hydrogen (secondary N) is 1. The van der Waals surface area contributed by atoms with E-state index in [-0.39, 0.29) is 11.7 Å². The van der Waals surface area contributed by atoms with Gasteiger partial charge in [-0.3, -0.25) is 20.0 Å². The Bertz CT molecular complexity index is 912. The average molecular weight is 366 g/mol. The van der Waals surface area contributed by atoms with E-state index in [9.17, 15) is 10.1 Å². The van der Waals surface area contributed by atoms with Gasteiger partial charge >= 0.3 is 0 Å². The Labute approximate surface area is 155 Å². The number of benzene rings is 1. The highest BCUT2D eigenvalue weighted by atomic mass is 16.6. The molecule has 3 heterocycles. The molecule has 0 saturated carbocycles. The summed E-state index contributed by atoms with van der Waals surface area (Å²) in [4.78, 5) is 21.3. The monoisotopic (exact) mass is 366 g/mol. The number of nitro groups is 1. The molecule has 1 saturated heterocycles. The first-order valence-corrected chi connectivity index (χ1v) is 8.63. The van der Waals surface area contributed by atoms with Crippen LogP contribution in [0.2, 0.25) is 0 Å². The number of aromatic nitrogens is 3. The smallest absolute Gasteiger partial charge is 0.269 e. The summed E-state index contributed by atoms with van der Waals surface area (Å²) in [6, 6.07) is 10.3. The van der Waals surface area contributed by atoms with Gasteiger partial charge in [-0.15, -0.1) is 0 Å². The summed E-state index contributed by atoms with van der Waals surface area (Å²) in [6.45, 7) is 3.10. The molecule has 1 N–H and O–H groups in total. The molecule has 0 aliphatic carbocycles. The topological polar surface area (TPSA) is 110 Å².